The van der Waals surface area contributed by atoms with Crippen LogP contribution in [0.3, 0.4) is 0 Å². The largest absolute Gasteiger partial charge is 0.342 e. The van der Waals surface area contributed by atoms with E-state index in [4.69, 9.17) is 0 Å². The van der Waals surface area contributed by atoms with E-state index >= 15 is 0 Å². The maximum atomic E-state index is 12.9. The van der Waals surface area contributed by atoms with Crippen LogP contribution in [-0.4, -0.2) is 59.9 Å². The fraction of sp³-hybridized carbons (Fsp3) is 0.875. The first-order valence-corrected chi connectivity index (χ1v) is 8.35. The standard InChI is InChI=1S/C16H27N3O2/c1-3-18-8-6-12(10-18)11-19-9-7-14(20)17-16(2,15(19)21)13-4-5-13/h12-13H,3-11H2,1-2H3,(H,17,20). The Labute approximate surface area is 127 Å². The fourth-order valence-corrected chi connectivity index (χ4v) is 3.84. The van der Waals surface area contributed by atoms with Crippen molar-refractivity contribution < 1.29 is 9.59 Å². The number of nitrogens with one attached hydrogen (secondary N) is 1. The normalized spacial score (nSPS) is 35.0. The smallest absolute Gasteiger partial charge is 0.248 e. The Morgan fingerprint density at radius 1 is 1.24 bits per heavy atom. The van der Waals surface area contributed by atoms with Crippen LogP contribution in [0.5, 0.6) is 0 Å². The molecule has 3 aliphatic rings. The number of carbonyl (C=O) groups is 2. The minimum absolute atomic E-state index is 0.0295. The minimum atomic E-state index is -0.656. The second kappa shape index (κ2) is 5.59. The van der Waals surface area contributed by atoms with Crippen molar-refractivity contribution in [2.45, 2.75) is 45.1 Å². The van der Waals surface area contributed by atoms with Gasteiger partial charge in [0.05, 0.1) is 0 Å². The first kappa shape index (κ1) is 14.8. The molecule has 0 bridgehead atoms. The van der Waals surface area contributed by atoms with Gasteiger partial charge in [-0.1, -0.05) is 6.92 Å². The number of hydrogen-bond acceptors (Lipinski definition) is 3. The third-order valence-corrected chi connectivity index (χ3v) is 5.43. The summed E-state index contributed by atoms with van der Waals surface area (Å²) in [6, 6.07) is 0. The van der Waals surface area contributed by atoms with Crippen molar-refractivity contribution >= 4 is 11.8 Å². The molecule has 5 heteroatoms. The molecule has 1 aliphatic carbocycles. The molecule has 2 heterocycles. The van der Waals surface area contributed by atoms with Crippen LogP contribution in [0.2, 0.25) is 0 Å². The van der Waals surface area contributed by atoms with Gasteiger partial charge in [0.25, 0.3) is 0 Å². The van der Waals surface area contributed by atoms with Crippen LogP contribution >= 0.6 is 0 Å². The molecule has 2 unspecified atom stereocenters. The maximum absolute atomic E-state index is 12.9. The van der Waals surface area contributed by atoms with Crippen molar-refractivity contribution in [2.75, 3.05) is 32.7 Å². The number of carbonyl (C=O) groups excluding carboxylic acids is 2. The predicted octanol–water partition coefficient (Wildman–Crippen LogP) is 0.845. The molecule has 0 radical (unpaired) electrons. The Kier molecular flexibility index (Phi) is 3.95. The average molecular weight is 293 g/mol. The number of likely N-dealkylation sites (tertiary alicyclic amines) is 1. The lowest BCUT2D eigenvalue weighted by atomic mass is 9.93. The van der Waals surface area contributed by atoms with Gasteiger partial charge in [-0.05, 0) is 51.1 Å². The van der Waals surface area contributed by atoms with E-state index in [9.17, 15) is 9.59 Å². The summed E-state index contributed by atoms with van der Waals surface area (Å²) in [5.41, 5.74) is -0.656. The van der Waals surface area contributed by atoms with Gasteiger partial charge in [0.1, 0.15) is 5.54 Å². The zero-order valence-corrected chi connectivity index (χ0v) is 13.2. The van der Waals surface area contributed by atoms with E-state index in [0.717, 1.165) is 39.0 Å². The molecule has 0 aromatic rings. The maximum Gasteiger partial charge on any atom is 0.248 e. The van der Waals surface area contributed by atoms with E-state index < -0.39 is 5.54 Å². The van der Waals surface area contributed by atoms with E-state index in [-0.39, 0.29) is 11.8 Å². The monoisotopic (exact) mass is 293 g/mol. The van der Waals surface area contributed by atoms with E-state index in [1.807, 2.05) is 11.8 Å². The summed E-state index contributed by atoms with van der Waals surface area (Å²) in [5.74, 6) is 1.07. The van der Waals surface area contributed by atoms with Gasteiger partial charge in [0.15, 0.2) is 0 Å². The van der Waals surface area contributed by atoms with Crippen LogP contribution in [0.25, 0.3) is 0 Å². The molecular formula is C16H27N3O2. The van der Waals surface area contributed by atoms with E-state index in [2.05, 4.69) is 17.1 Å². The van der Waals surface area contributed by atoms with Gasteiger partial charge < -0.3 is 15.1 Å². The second-order valence-corrected chi connectivity index (χ2v) is 7.07. The second-order valence-electron chi connectivity index (χ2n) is 7.07. The Bertz CT molecular complexity index is 435. The number of nitrogens with zero attached hydrogens (tertiary/aromatic N) is 2. The number of rotatable bonds is 4. The zero-order chi connectivity index (χ0) is 15.0. The number of amides is 2. The highest BCUT2D eigenvalue weighted by molar-refractivity contribution is 5.93. The highest BCUT2D eigenvalue weighted by Gasteiger charge is 2.51. The quantitative estimate of drug-likeness (QED) is 0.836. The summed E-state index contributed by atoms with van der Waals surface area (Å²) in [5, 5.41) is 3.00. The molecule has 2 atom stereocenters. The molecule has 3 fully saturated rings. The molecule has 2 aliphatic heterocycles. The lowest BCUT2D eigenvalue weighted by Crippen LogP contribution is -2.57. The molecule has 2 amide bonds. The fourth-order valence-electron chi connectivity index (χ4n) is 3.84. The molecule has 3 rings (SSSR count). The number of hydrogen-bond donors (Lipinski definition) is 1. The lowest BCUT2D eigenvalue weighted by Gasteiger charge is -2.33. The summed E-state index contributed by atoms with van der Waals surface area (Å²) in [6.45, 7) is 8.82. The van der Waals surface area contributed by atoms with Crippen LogP contribution in [-0.2, 0) is 9.59 Å². The van der Waals surface area contributed by atoms with Crippen molar-refractivity contribution in [1.82, 2.24) is 15.1 Å². The first-order valence-electron chi connectivity index (χ1n) is 8.35. The molecule has 5 nitrogen and oxygen atoms in total. The van der Waals surface area contributed by atoms with Crippen molar-refractivity contribution in [3.8, 4) is 0 Å². The van der Waals surface area contributed by atoms with Gasteiger partial charge in [-0.15, -0.1) is 0 Å². The van der Waals surface area contributed by atoms with Gasteiger partial charge in [-0.3, -0.25) is 9.59 Å². The highest BCUT2D eigenvalue weighted by atomic mass is 16.2. The summed E-state index contributed by atoms with van der Waals surface area (Å²) >= 11 is 0. The Morgan fingerprint density at radius 2 is 2.00 bits per heavy atom. The lowest BCUT2D eigenvalue weighted by molar-refractivity contribution is -0.139. The minimum Gasteiger partial charge on any atom is -0.342 e. The summed E-state index contributed by atoms with van der Waals surface area (Å²) in [7, 11) is 0. The van der Waals surface area contributed by atoms with Gasteiger partial charge in [0, 0.05) is 26.1 Å². The summed E-state index contributed by atoms with van der Waals surface area (Å²) in [4.78, 5) is 29.3. The molecule has 21 heavy (non-hydrogen) atoms. The average Bonchev–Trinajstić information content (AvgIpc) is 3.23. The van der Waals surface area contributed by atoms with Crippen molar-refractivity contribution in [3.63, 3.8) is 0 Å². The van der Waals surface area contributed by atoms with Crippen molar-refractivity contribution in [1.29, 1.82) is 0 Å². The molecule has 1 N–H and O–H groups in total. The zero-order valence-electron chi connectivity index (χ0n) is 13.2. The van der Waals surface area contributed by atoms with Gasteiger partial charge in [-0.25, -0.2) is 0 Å². The molecular weight excluding hydrogens is 266 g/mol. The van der Waals surface area contributed by atoms with Crippen LogP contribution in [0, 0.1) is 11.8 Å². The topological polar surface area (TPSA) is 52.6 Å². The Hall–Kier alpha value is -1.10. The third kappa shape index (κ3) is 2.93. The Morgan fingerprint density at radius 3 is 2.62 bits per heavy atom. The SMILES string of the molecule is CCN1CCC(CN2CCC(=O)NC(C)(C3CC3)C2=O)C1. The van der Waals surface area contributed by atoms with Crippen molar-refractivity contribution in [3.05, 3.63) is 0 Å². The molecule has 2 saturated heterocycles. The molecule has 118 valence electrons. The van der Waals surface area contributed by atoms with E-state index in [1.54, 1.807) is 0 Å². The van der Waals surface area contributed by atoms with Crippen LogP contribution < -0.4 is 5.32 Å². The molecule has 0 aromatic heterocycles. The van der Waals surface area contributed by atoms with Gasteiger partial charge in [-0.2, -0.15) is 0 Å². The summed E-state index contributed by atoms with van der Waals surface area (Å²) < 4.78 is 0. The van der Waals surface area contributed by atoms with Crippen molar-refractivity contribution in [2.24, 2.45) is 11.8 Å². The predicted molar refractivity (Wildman–Crippen MR) is 80.7 cm³/mol. The van der Waals surface area contributed by atoms with Crippen LogP contribution in [0.4, 0.5) is 0 Å². The molecule has 0 spiro atoms. The summed E-state index contributed by atoms with van der Waals surface area (Å²) in [6.07, 6.45) is 3.73. The van der Waals surface area contributed by atoms with Crippen LogP contribution in [0.15, 0.2) is 0 Å². The molecule has 0 aromatic carbocycles. The highest BCUT2D eigenvalue weighted by Crippen LogP contribution is 2.41. The molecule has 1 saturated carbocycles. The Balaban J connectivity index is 1.69. The van der Waals surface area contributed by atoms with Gasteiger partial charge in [0.2, 0.25) is 11.8 Å². The first-order chi connectivity index (χ1) is 10.0. The van der Waals surface area contributed by atoms with Crippen LogP contribution in [0.1, 0.15) is 39.5 Å². The van der Waals surface area contributed by atoms with Gasteiger partial charge >= 0.3 is 0 Å². The third-order valence-electron chi connectivity index (χ3n) is 5.43. The van der Waals surface area contributed by atoms with E-state index in [1.165, 1.54) is 6.42 Å². The van der Waals surface area contributed by atoms with E-state index in [0.29, 0.717) is 24.8 Å².